The van der Waals surface area contributed by atoms with Crippen LogP contribution in [0.2, 0.25) is 0 Å². The van der Waals surface area contributed by atoms with Gasteiger partial charge in [0, 0.05) is 12.7 Å². The van der Waals surface area contributed by atoms with Crippen LogP contribution in [0, 0.1) is 0 Å². The van der Waals surface area contributed by atoms with Crippen molar-refractivity contribution in [3.8, 4) is 11.6 Å². The first-order valence-corrected chi connectivity index (χ1v) is 8.41. The Morgan fingerprint density at radius 1 is 1.04 bits per heavy atom. The van der Waals surface area contributed by atoms with Crippen molar-refractivity contribution in [3.05, 3.63) is 66.7 Å². The number of ether oxygens (including phenoxy) is 1. The summed E-state index contributed by atoms with van der Waals surface area (Å²) in [6, 6.07) is 13.7. The molecule has 7 heteroatoms. The quantitative estimate of drug-likeness (QED) is 0.577. The maximum atomic E-state index is 5.47. The number of fused-ring (bicyclic) bond motifs is 1. The molecule has 3 heterocycles. The lowest BCUT2D eigenvalue weighted by Crippen LogP contribution is -2.04. The molecule has 0 spiro atoms. The van der Waals surface area contributed by atoms with Crippen LogP contribution in [0.25, 0.3) is 16.9 Å². The van der Waals surface area contributed by atoms with Crippen LogP contribution in [0.15, 0.2) is 61.2 Å². The van der Waals surface area contributed by atoms with Crippen molar-refractivity contribution >= 4 is 16.9 Å². The molecule has 0 saturated carbocycles. The highest BCUT2D eigenvalue weighted by molar-refractivity contribution is 5.86. The molecular formula is C19H18N6O. The predicted octanol–water partition coefficient (Wildman–Crippen LogP) is 3.22. The van der Waals surface area contributed by atoms with Crippen molar-refractivity contribution in [2.45, 2.75) is 13.5 Å². The van der Waals surface area contributed by atoms with E-state index in [0.29, 0.717) is 18.8 Å². The largest absolute Gasteiger partial charge is 0.494 e. The molecule has 4 rings (SSSR count). The van der Waals surface area contributed by atoms with E-state index in [0.717, 1.165) is 28.3 Å². The van der Waals surface area contributed by atoms with Gasteiger partial charge in [-0.2, -0.15) is 9.78 Å². The molecule has 0 aliphatic heterocycles. The Morgan fingerprint density at radius 2 is 1.92 bits per heavy atom. The summed E-state index contributed by atoms with van der Waals surface area (Å²) in [6.07, 6.45) is 5.02. The molecule has 130 valence electrons. The maximum Gasteiger partial charge on any atom is 0.170 e. The topological polar surface area (TPSA) is 77.8 Å². The fraction of sp³-hybridized carbons (Fsp3) is 0.158. The zero-order chi connectivity index (χ0) is 17.8. The Bertz CT molecular complexity index is 998. The van der Waals surface area contributed by atoms with Crippen LogP contribution in [0.4, 0.5) is 5.82 Å². The van der Waals surface area contributed by atoms with Crippen molar-refractivity contribution in [3.63, 3.8) is 0 Å². The summed E-state index contributed by atoms with van der Waals surface area (Å²) in [5, 5.41) is 8.61. The second-order valence-electron chi connectivity index (χ2n) is 5.63. The van der Waals surface area contributed by atoms with Gasteiger partial charge in [0.2, 0.25) is 0 Å². The number of hydrogen-bond donors (Lipinski definition) is 1. The van der Waals surface area contributed by atoms with Crippen LogP contribution in [-0.4, -0.2) is 31.3 Å². The van der Waals surface area contributed by atoms with Gasteiger partial charge < -0.3 is 10.1 Å². The highest BCUT2D eigenvalue weighted by atomic mass is 16.5. The van der Waals surface area contributed by atoms with Gasteiger partial charge in [-0.3, -0.25) is 0 Å². The number of anilines is 1. The average molecular weight is 346 g/mol. The monoisotopic (exact) mass is 346 g/mol. The number of hydrogen-bond acceptors (Lipinski definition) is 6. The van der Waals surface area contributed by atoms with Crippen molar-refractivity contribution in [2.75, 3.05) is 11.9 Å². The third-order valence-corrected chi connectivity index (χ3v) is 3.93. The number of pyridine rings is 1. The van der Waals surface area contributed by atoms with E-state index in [-0.39, 0.29) is 0 Å². The number of rotatable bonds is 6. The van der Waals surface area contributed by atoms with E-state index >= 15 is 0 Å². The summed E-state index contributed by atoms with van der Waals surface area (Å²) in [5.41, 5.74) is 1.85. The predicted molar refractivity (Wildman–Crippen MR) is 99.4 cm³/mol. The normalized spacial score (nSPS) is 10.8. The fourth-order valence-electron chi connectivity index (χ4n) is 2.69. The number of benzene rings is 1. The Labute approximate surface area is 150 Å². The van der Waals surface area contributed by atoms with Crippen molar-refractivity contribution in [1.82, 2.24) is 24.7 Å². The van der Waals surface area contributed by atoms with Gasteiger partial charge in [0.15, 0.2) is 11.5 Å². The second kappa shape index (κ2) is 7.18. The average Bonchev–Trinajstić information content (AvgIpc) is 3.13. The smallest absolute Gasteiger partial charge is 0.170 e. The maximum absolute atomic E-state index is 5.47. The lowest BCUT2D eigenvalue weighted by molar-refractivity contribution is 0.340. The van der Waals surface area contributed by atoms with Crippen LogP contribution in [0.5, 0.6) is 5.75 Å². The van der Waals surface area contributed by atoms with Crippen LogP contribution < -0.4 is 10.1 Å². The lowest BCUT2D eigenvalue weighted by atomic mass is 10.2. The number of nitrogens with one attached hydrogen (secondary N) is 1. The molecule has 26 heavy (non-hydrogen) atoms. The van der Waals surface area contributed by atoms with Gasteiger partial charge in [0.05, 0.1) is 18.2 Å². The van der Waals surface area contributed by atoms with Gasteiger partial charge in [0.25, 0.3) is 0 Å². The third kappa shape index (κ3) is 3.19. The van der Waals surface area contributed by atoms with Gasteiger partial charge >= 0.3 is 0 Å². The molecule has 0 unspecified atom stereocenters. The van der Waals surface area contributed by atoms with E-state index in [1.807, 2.05) is 49.4 Å². The van der Waals surface area contributed by atoms with E-state index in [4.69, 9.17) is 4.74 Å². The van der Waals surface area contributed by atoms with Crippen LogP contribution in [0.3, 0.4) is 0 Å². The summed E-state index contributed by atoms with van der Waals surface area (Å²) in [4.78, 5) is 13.0. The SMILES string of the molecule is CCOc1ccc(CNc2ncnc3c2cnn3-c2ccccn2)cc1. The van der Waals surface area contributed by atoms with Gasteiger partial charge in [-0.1, -0.05) is 18.2 Å². The Balaban J connectivity index is 1.56. The highest BCUT2D eigenvalue weighted by Crippen LogP contribution is 2.21. The molecule has 1 N–H and O–H groups in total. The molecule has 0 saturated heterocycles. The minimum absolute atomic E-state index is 0.646. The summed E-state index contributed by atoms with van der Waals surface area (Å²) < 4.78 is 7.18. The Morgan fingerprint density at radius 3 is 2.69 bits per heavy atom. The van der Waals surface area contributed by atoms with E-state index in [2.05, 4.69) is 25.4 Å². The van der Waals surface area contributed by atoms with Crippen LogP contribution >= 0.6 is 0 Å². The van der Waals surface area contributed by atoms with Crippen LogP contribution in [-0.2, 0) is 6.54 Å². The molecule has 0 amide bonds. The second-order valence-corrected chi connectivity index (χ2v) is 5.63. The molecule has 4 aromatic rings. The molecule has 7 nitrogen and oxygen atoms in total. The molecule has 0 bridgehead atoms. The molecular weight excluding hydrogens is 328 g/mol. The third-order valence-electron chi connectivity index (χ3n) is 3.93. The van der Waals surface area contributed by atoms with Gasteiger partial charge in [-0.25, -0.2) is 15.0 Å². The summed E-state index contributed by atoms with van der Waals surface area (Å²) in [7, 11) is 0. The first-order chi connectivity index (χ1) is 12.8. The zero-order valence-electron chi connectivity index (χ0n) is 14.3. The van der Waals surface area contributed by atoms with Gasteiger partial charge in [0.1, 0.15) is 17.9 Å². The van der Waals surface area contributed by atoms with Gasteiger partial charge in [-0.05, 0) is 36.8 Å². The fourth-order valence-corrected chi connectivity index (χ4v) is 2.69. The highest BCUT2D eigenvalue weighted by Gasteiger charge is 2.11. The van der Waals surface area contributed by atoms with E-state index in [9.17, 15) is 0 Å². The zero-order valence-corrected chi connectivity index (χ0v) is 14.3. The van der Waals surface area contributed by atoms with Gasteiger partial charge in [-0.15, -0.1) is 0 Å². The lowest BCUT2D eigenvalue weighted by Gasteiger charge is -2.08. The Hall–Kier alpha value is -3.48. The first-order valence-electron chi connectivity index (χ1n) is 8.41. The molecule has 3 aromatic heterocycles. The number of nitrogens with zero attached hydrogens (tertiary/aromatic N) is 5. The molecule has 0 aliphatic rings. The molecule has 0 fully saturated rings. The first kappa shape index (κ1) is 16.0. The molecule has 1 aromatic carbocycles. The van der Waals surface area contributed by atoms with E-state index < -0.39 is 0 Å². The summed E-state index contributed by atoms with van der Waals surface area (Å²) in [6.45, 7) is 3.28. The number of aromatic nitrogens is 5. The molecule has 0 atom stereocenters. The van der Waals surface area contributed by atoms with Crippen LogP contribution in [0.1, 0.15) is 12.5 Å². The van der Waals surface area contributed by atoms with E-state index in [1.165, 1.54) is 6.33 Å². The van der Waals surface area contributed by atoms with Crippen molar-refractivity contribution < 1.29 is 4.74 Å². The standard InChI is InChI=1S/C19H18N6O/c1-2-26-15-8-6-14(7-9-15)11-21-18-16-12-24-25(19(16)23-13-22-18)17-5-3-4-10-20-17/h3-10,12-13H,2,11H2,1H3,(H,21,22,23). The Kier molecular flexibility index (Phi) is 4.42. The summed E-state index contributed by atoms with van der Waals surface area (Å²) in [5.74, 6) is 2.34. The van der Waals surface area contributed by atoms with Crippen molar-refractivity contribution in [1.29, 1.82) is 0 Å². The van der Waals surface area contributed by atoms with E-state index in [1.54, 1.807) is 17.1 Å². The molecule has 0 aliphatic carbocycles. The molecule has 0 radical (unpaired) electrons. The minimum Gasteiger partial charge on any atom is -0.494 e. The van der Waals surface area contributed by atoms with Crippen molar-refractivity contribution in [2.24, 2.45) is 0 Å². The summed E-state index contributed by atoms with van der Waals surface area (Å²) >= 11 is 0. The minimum atomic E-state index is 0.646.